The molecule has 0 aromatic carbocycles. The summed E-state index contributed by atoms with van der Waals surface area (Å²) in [5.41, 5.74) is 0. The molecule has 1 atom stereocenters. The first kappa shape index (κ1) is 14.4. The number of methoxy groups -OCH3 is 1. The maximum absolute atomic E-state index is 12.4. The first-order valence-corrected chi connectivity index (χ1v) is 6.97. The molecule has 1 saturated heterocycles. The minimum atomic E-state index is -0.400. The van der Waals surface area contributed by atoms with Crippen LogP contribution in [0.5, 0.6) is 0 Å². The van der Waals surface area contributed by atoms with Crippen LogP contribution in [0, 0.1) is 5.92 Å². The number of nitrogens with zero attached hydrogens (tertiary/aromatic N) is 4. The molecular formula is C13H23FN4O. The van der Waals surface area contributed by atoms with Crippen LogP contribution >= 0.6 is 0 Å². The Bertz CT molecular complexity index is 371. The quantitative estimate of drug-likeness (QED) is 0.785. The molecule has 1 aliphatic rings. The average molecular weight is 270 g/mol. The van der Waals surface area contributed by atoms with Gasteiger partial charge in [0, 0.05) is 13.7 Å². The Morgan fingerprint density at radius 2 is 2.37 bits per heavy atom. The molecule has 1 aromatic heterocycles. The number of hydrogen-bond acceptors (Lipinski definition) is 4. The first-order valence-electron chi connectivity index (χ1n) is 6.97. The Morgan fingerprint density at radius 3 is 3.16 bits per heavy atom. The zero-order valence-electron chi connectivity index (χ0n) is 11.6. The minimum absolute atomic E-state index is 0.296. The van der Waals surface area contributed by atoms with E-state index in [1.807, 2.05) is 0 Å². The fraction of sp³-hybridized carbons (Fsp3) is 0.846. The lowest BCUT2D eigenvalue weighted by molar-refractivity contribution is 0.122. The van der Waals surface area contributed by atoms with Crippen LogP contribution in [0.3, 0.4) is 0 Å². The molecule has 2 heterocycles. The standard InChI is InChI=1S/C13H23FN4O/c1-19-10-12-4-2-3-6-17(8-12)9-13-15-11-16-18(13)7-5-14/h11-12H,2-10H2,1H3/t12-/m0/s1. The molecule has 5 nitrogen and oxygen atoms in total. The van der Waals surface area contributed by atoms with Gasteiger partial charge in [-0.2, -0.15) is 5.10 Å². The van der Waals surface area contributed by atoms with Gasteiger partial charge in [0.05, 0.1) is 19.7 Å². The van der Waals surface area contributed by atoms with Crippen LogP contribution < -0.4 is 0 Å². The molecule has 0 N–H and O–H groups in total. The van der Waals surface area contributed by atoms with Crippen molar-refractivity contribution in [2.45, 2.75) is 32.4 Å². The van der Waals surface area contributed by atoms with Gasteiger partial charge in [-0.3, -0.25) is 4.90 Å². The number of rotatable bonds is 6. The third-order valence-corrected chi connectivity index (χ3v) is 3.61. The van der Waals surface area contributed by atoms with Gasteiger partial charge in [-0.05, 0) is 25.3 Å². The smallest absolute Gasteiger partial charge is 0.141 e. The Hall–Kier alpha value is -1.01. The number of aromatic nitrogens is 3. The van der Waals surface area contributed by atoms with Gasteiger partial charge >= 0.3 is 0 Å². The molecule has 2 rings (SSSR count). The lowest BCUT2D eigenvalue weighted by Crippen LogP contribution is -2.31. The highest BCUT2D eigenvalue weighted by Crippen LogP contribution is 2.18. The molecule has 0 saturated carbocycles. The SMILES string of the molecule is COC[C@H]1CCCCN(Cc2ncnn2CCF)C1. The molecule has 19 heavy (non-hydrogen) atoms. The second-order valence-electron chi connectivity index (χ2n) is 5.14. The zero-order chi connectivity index (χ0) is 13.5. The number of likely N-dealkylation sites (tertiary alicyclic amines) is 1. The number of ether oxygens (including phenoxy) is 1. The van der Waals surface area contributed by atoms with Gasteiger partial charge in [-0.15, -0.1) is 0 Å². The van der Waals surface area contributed by atoms with Crippen LogP contribution in [0.25, 0.3) is 0 Å². The lowest BCUT2D eigenvalue weighted by Gasteiger charge is -2.23. The minimum Gasteiger partial charge on any atom is -0.384 e. The van der Waals surface area contributed by atoms with E-state index in [0.717, 1.165) is 32.1 Å². The fourth-order valence-electron chi connectivity index (χ4n) is 2.71. The Labute approximate surface area is 113 Å². The summed E-state index contributed by atoms with van der Waals surface area (Å²) in [6.07, 6.45) is 5.19. The third-order valence-electron chi connectivity index (χ3n) is 3.61. The van der Waals surface area contributed by atoms with Crippen LogP contribution in [-0.4, -0.2) is 53.1 Å². The van der Waals surface area contributed by atoms with Crippen molar-refractivity contribution in [3.05, 3.63) is 12.2 Å². The highest BCUT2D eigenvalue weighted by Gasteiger charge is 2.19. The highest BCUT2D eigenvalue weighted by molar-refractivity contribution is 4.86. The summed E-state index contributed by atoms with van der Waals surface area (Å²) in [6, 6.07) is 0. The molecule has 1 fully saturated rings. The molecule has 0 radical (unpaired) electrons. The van der Waals surface area contributed by atoms with Crippen LogP contribution in [-0.2, 0) is 17.8 Å². The number of halogens is 1. The van der Waals surface area contributed by atoms with Crippen molar-refractivity contribution in [2.24, 2.45) is 5.92 Å². The summed E-state index contributed by atoms with van der Waals surface area (Å²) < 4.78 is 19.4. The molecule has 0 spiro atoms. The molecule has 6 heteroatoms. The molecule has 1 aromatic rings. The fourth-order valence-corrected chi connectivity index (χ4v) is 2.71. The maximum Gasteiger partial charge on any atom is 0.141 e. The predicted molar refractivity (Wildman–Crippen MR) is 70.5 cm³/mol. The van der Waals surface area contributed by atoms with E-state index in [-0.39, 0.29) is 0 Å². The number of hydrogen-bond donors (Lipinski definition) is 0. The molecule has 0 unspecified atom stereocenters. The predicted octanol–water partition coefficient (Wildman–Crippen LogP) is 1.50. The van der Waals surface area contributed by atoms with Gasteiger partial charge < -0.3 is 4.74 Å². The summed E-state index contributed by atoms with van der Waals surface area (Å²) in [5, 5.41) is 4.06. The van der Waals surface area contributed by atoms with Crippen molar-refractivity contribution < 1.29 is 9.13 Å². The highest BCUT2D eigenvalue weighted by atomic mass is 19.1. The van der Waals surface area contributed by atoms with E-state index in [0.29, 0.717) is 12.5 Å². The van der Waals surface area contributed by atoms with E-state index in [2.05, 4.69) is 15.0 Å². The van der Waals surface area contributed by atoms with Crippen LogP contribution in [0.15, 0.2) is 6.33 Å². The molecule has 0 aliphatic carbocycles. The summed E-state index contributed by atoms with van der Waals surface area (Å²) in [7, 11) is 1.76. The summed E-state index contributed by atoms with van der Waals surface area (Å²) >= 11 is 0. The van der Waals surface area contributed by atoms with Crippen molar-refractivity contribution in [3.8, 4) is 0 Å². The summed E-state index contributed by atoms with van der Waals surface area (Å²) in [4.78, 5) is 6.63. The number of aryl methyl sites for hydroxylation is 1. The normalized spacial score (nSPS) is 21.5. The van der Waals surface area contributed by atoms with Gasteiger partial charge in [0.1, 0.15) is 18.8 Å². The van der Waals surface area contributed by atoms with Crippen LogP contribution in [0.1, 0.15) is 25.1 Å². The first-order chi connectivity index (χ1) is 9.33. The van der Waals surface area contributed by atoms with Gasteiger partial charge in [0.2, 0.25) is 0 Å². The van der Waals surface area contributed by atoms with Crippen molar-refractivity contribution in [2.75, 3.05) is 33.5 Å². The van der Waals surface area contributed by atoms with Crippen molar-refractivity contribution in [1.29, 1.82) is 0 Å². The summed E-state index contributed by atoms with van der Waals surface area (Å²) in [5.74, 6) is 1.45. The van der Waals surface area contributed by atoms with Gasteiger partial charge in [-0.25, -0.2) is 14.1 Å². The van der Waals surface area contributed by atoms with Gasteiger partial charge in [-0.1, -0.05) is 6.42 Å². The molecule has 108 valence electrons. The van der Waals surface area contributed by atoms with E-state index >= 15 is 0 Å². The molecular weight excluding hydrogens is 247 g/mol. The van der Waals surface area contributed by atoms with Crippen molar-refractivity contribution in [3.63, 3.8) is 0 Å². The second kappa shape index (κ2) is 7.55. The van der Waals surface area contributed by atoms with E-state index < -0.39 is 6.67 Å². The van der Waals surface area contributed by atoms with Gasteiger partial charge in [0.25, 0.3) is 0 Å². The van der Waals surface area contributed by atoms with E-state index in [9.17, 15) is 4.39 Å². The van der Waals surface area contributed by atoms with Crippen molar-refractivity contribution >= 4 is 0 Å². The Morgan fingerprint density at radius 1 is 1.47 bits per heavy atom. The molecule has 0 amide bonds. The zero-order valence-corrected chi connectivity index (χ0v) is 11.6. The van der Waals surface area contributed by atoms with E-state index in [4.69, 9.17) is 4.74 Å². The van der Waals surface area contributed by atoms with Crippen LogP contribution in [0.2, 0.25) is 0 Å². The largest absolute Gasteiger partial charge is 0.384 e. The maximum atomic E-state index is 12.4. The molecule has 0 bridgehead atoms. The topological polar surface area (TPSA) is 43.2 Å². The van der Waals surface area contributed by atoms with E-state index in [1.54, 1.807) is 11.8 Å². The average Bonchev–Trinajstić information content (AvgIpc) is 2.70. The molecule has 1 aliphatic heterocycles. The lowest BCUT2D eigenvalue weighted by atomic mass is 10.0. The van der Waals surface area contributed by atoms with Crippen molar-refractivity contribution in [1.82, 2.24) is 19.7 Å². The second-order valence-corrected chi connectivity index (χ2v) is 5.14. The number of alkyl halides is 1. The Balaban J connectivity index is 1.94. The van der Waals surface area contributed by atoms with Gasteiger partial charge in [0.15, 0.2) is 0 Å². The summed E-state index contributed by atoms with van der Waals surface area (Å²) in [6.45, 7) is 3.56. The monoisotopic (exact) mass is 270 g/mol. The van der Waals surface area contributed by atoms with Crippen LogP contribution in [0.4, 0.5) is 4.39 Å². The third kappa shape index (κ3) is 4.24. The van der Waals surface area contributed by atoms with E-state index in [1.165, 1.54) is 25.6 Å². The Kier molecular flexibility index (Phi) is 5.72.